The van der Waals surface area contributed by atoms with Crippen LogP contribution in [0.15, 0.2) is 59.5 Å². The van der Waals surface area contributed by atoms with Gasteiger partial charge in [0.15, 0.2) is 11.5 Å². The number of fused-ring (bicyclic) bond motifs is 1. The Balaban J connectivity index is 1.43. The summed E-state index contributed by atoms with van der Waals surface area (Å²) in [7, 11) is -2.59. The Morgan fingerprint density at radius 2 is 1.81 bits per heavy atom. The number of hydrogen-bond donors (Lipinski definition) is 1. The molecule has 32 heavy (non-hydrogen) atoms. The Kier molecular flexibility index (Phi) is 5.97. The molecule has 0 spiro atoms. The fourth-order valence-corrected chi connectivity index (χ4v) is 3.94. The predicted molar refractivity (Wildman–Crippen MR) is 110 cm³/mol. The van der Waals surface area contributed by atoms with Gasteiger partial charge in [-0.2, -0.15) is 4.52 Å². The van der Waals surface area contributed by atoms with Crippen LogP contribution < -0.4 is 14.2 Å². The van der Waals surface area contributed by atoms with Crippen molar-refractivity contribution in [3.05, 3.63) is 66.2 Å². The second-order valence-corrected chi connectivity index (χ2v) is 8.25. The van der Waals surface area contributed by atoms with Gasteiger partial charge in [-0.05, 0) is 42.5 Å². The number of benzene rings is 2. The number of methoxy groups -OCH3 is 1. The predicted octanol–water partition coefficient (Wildman–Crippen LogP) is 2.44. The van der Waals surface area contributed by atoms with Gasteiger partial charge in [-0.1, -0.05) is 0 Å². The number of halogens is 2. The van der Waals surface area contributed by atoms with E-state index in [0.29, 0.717) is 23.3 Å². The third-order valence-electron chi connectivity index (χ3n) is 4.41. The highest BCUT2D eigenvalue weighted by molar-refractivity contribution is 7.89. The van der Waals surface area contributed by atoms with Gasteiger partial charge in [0.25, 0.3) is 0 Å². The largest absolute Gasteiger partial charge is 0.497 e. The fourth-order valence-electron chi connectivity index (χ4n) is 2.87. The first-order valence-corrected chi connectivity index (χ1v) is 10.8. The van der Waals surface area contributed by atoms with E-state index in [4.69, 9.17) is 9.47 Å². The van der Waals surface area contributed by atoms with Gasteiger partial charge in [-0.25, -0.2) is 21.9 Å². The van der Waals surface area contributed by atoms with E-state index in [2.05, 4.69) is 20.0 Å². The Hall–Kier alpha value is -3.64. The lowest BCUT2D eigenvalue weighted by Crippen LogP contribution is -2.29. The van der Waals surface area contributed by atoms with Crippen LogP contribution in [0.1, 0.15) is 0 Å². The molecule has 0 atom stereocenters. The van der Waals surface area contributed by atoms with Crippen LogP contribution in [0.3, 0.4) is 0 Å². The van der Waals surface area contributed by atoms with Gasteiger partial charge in [-0.15, -0.1) is 15.3 Å². The minimum Gasteiger partial charge on any atom is -0.497 e. The summed E-state index contributed by atoms with van der Waals surface area (Å²) in [6.07, 6.45) is 0. The van der Waals surface area contributed by atoms with Crippen LogP contribution in [-0.2, 0) is 10.0 Å². The summed E-state index contributed by atoms with van der Waals surface area (Å²) < 4.78 is 65.4. The highest BCUT2D eigenvalue weighted by atomic mass is 32.2. The van der Waals surface area contributed by atoms with Crippen molar-refractivity contribution in [3.8, 4) is 23.0 Å². The second-order valence-electron chi connectivity index (χ2n) is 6.51. The van der Waals surface area contributed by atoms with E-state index in [0.717, 1.165) is 17.7 Å². The van der Waals surface area contributed by atoms with Crippen LogP contribution in [0, 0.1) is 11.6 Å². The Bertz CT molecular complexity index is 1360. The van der Waals surface area contributed by atoms with E-state index in [1.54, 1.807) is 31.4 Å². The van der Waals surface area contributed by atoms with Gasteiger partial charge in [0.05, 0.1) is 7.11 Å². The van der Waals surface area contributed by atoms with Crippen LogP contribution in [0.2, 0.25) is 0 Å². The molecular formula is C20H17F2N5O4S. The number of nitrogens with zero attached hydrogens (tertiary/aromatic N) is 4. The zero-order valence-corrected chi connectivity index (χ0v) is 17.5. The first kappa shape index (κ1) is 21.6. The van der Waals surface area contributed by atoms with Gasteiger partial charge >= 0.3 is 0 Å². The molecule has 0 saturated heterocycles. The number of aromatic nitrogens is 4. The maximum atomic E-state index is 13.7. The highest BCUT2D eigenvalue weighted by Gasteiger charge is 2.19. The lowest BCUT2D eigenvalue weighted by Gasteiger charge is -2.09. The van der Waals surface area contributed by atoms with Crippen molar-refractivity contribution in [3.63, 3.8) is 0 Å². The average molecular weight is 461 g/mol. The van der Waals surface area contributed by atoms with Crippen LogP contribution >= 0.6 is 0 Å². The average Bonchev–Trinajstić information content (AvgIpc) is 3.20. The van der Waals surface area contributed by atoms with Crippen molar-refractivity contribution in [2.45, 2.75) is 4.90 Å². The number of hydrogen-bond acceptors (Lipinski definition) is 7. The zero-order valence-electron chi connectivity index (χ0n) is 16.7. The van der Waals surface area contributed by atoms with Crippen LogP contribution in [0.5, 0.6) is 11.6 Å². The van der Waals surface area contributed by atoms with E-state index >= 15 is 0 Å². The molecule has 0 aliphatic rings. The van der Waals surface area contributed by atoms with Crippen LogP contribution in [0.4, 0.5) is 8.78 Å². The molecule has 1 N–H and O–H groups in total. The van der Waals surface area contributed by atoms with Crippen molar-refractivity contribution < 1.29 is 26.7 Å². The Labute approximate surface area is 181 Å². The number of rotatable bonds is 8. The Morgan fingerprint density at radius 1 is 1.03 bits per heavy atom. The zero-order chi connectivity index (χ0) is 22.7. The summed E-state index contributed by atoms with van der Waals surface area (Å²) in [5.41, 5.74) is 1.26. The Morgan fingerprint density at radius 3 is 2.53 bits per heavy atom. The molecule has 0 aliphatic heterocycles. The highest BCUT2D eigenvalue weighted by Crippen LogP contribution is 2.22. The first-order chi connectivity index (χ1) is 15.4. The molecule has 0 radical (unpaired) electrons. The molecule has 0 fully saturated rings. The van der Waals surface area contributed by atoms with Crippen molar-refractivity contribution in [1.29, 1.82) is 0 Å². The fraction of sp³-hybridized carbons (Fsp3) is 0.150. The number of ether oxygens (including phenoxy) is 2. The van der Waals surface area contributed by atoms with E-state index in [1.165, 1.54) is 4.52 Å². The molecule has 0 saturated carbocycles. The maximum Gasteiger partial charge on any atom is 0.243 e. The quantitative estimate of drug-likeness (QED) is 0.402. The van der Waals surface area contributed by atoms with Crippen molar-refractivity contribution in [1.82, 2.24) is 24.5 Å². The molecular weight excluding hydrogens is 444 g/mol. The monoisotopic (exact) mass is 461 g/mol. The van der Waals surface area contributed by atoms with E-state index < -0.39 is 26.6 Å². The van der Waals surface area contributed by atoms with Crippen LogP contribution in [0.25, 0.3) is 17.0 Å². The number of sulfonamides is 1. The first-order valence-electron chi connectivity index (χ1n) is 9.32. The molecule has 0 amide bonds. The third-order valence-corrected chi connectivity index (χ3v) is 5.91. The second kappa shape index (κ2) is 8.85. The standard InChI is InChI=1S/C20H17F2N5O4S/c1-30-15-5-2-13(3-6-15)20-25-24-18-8-9-19(26-27(18)20)31-11-10-23-32(28,29)17-7-4-14(21)12-16(17)22/h2-9,12,23H,10-11H2,1H3. The summed E-state index contributed by atoms with van der Waals surface area (Å²) in [5, 5.41) is 12.5. The maximum absolute atomic E-state index is 13.7. The van der Waals surface area contributed by atoms with E-state index in [1.807, 2.05) is 12.1 Å². The molecule has 2 aromatic carbocycles. The summed E-state index contributed by atoms with van der Waals surface area (Å²) in [6, 6.07) is 12.6. The molecule has 4 aromatic rings. The SMILES string of the molecule is COc1ccc(-c2nnc3ccc(OCCNS(=O)(=O)c4ccc(F)cc4F)nn23)cc1. The molecule has 166 valence electrons. The van der Waals surface area contributed by atoms with Crippen molar-refractivity contribution >= 4 is 15.7 Å². The molecule has 12 heteroatoms. The summed E-state index contributed by atoms with van der Waals surface area (Å²) in [4.78, 5) is -0.646. The topological polar surface area (TPSA) is 108 Å². The molecule has 9 nitrogen and oxygen atoms in total. The molecule has 0 aliphatic carbocycles. The van der Waals surface area contributed by atoms with Crippen molar-refractivity contribution in [2.24, 2.45) is 0 Å². The summed E-state index contributed by atoms with van der Waals surface area (Å²) in [6.45, 7) is -0.243. The molecule has 2 aromatic heterocycles. The van der Waals surface area contributed by atoms with Gasteiger partial charge < -0.3 is 9.47 Å². The smallest absolute Gasteiger partial charge is 0.243 e. The van der Waals surface area contributed by atoms with E-state index in [-0.39, 0.29) is 19.0 Å². The molecule has 0 bridgehead atoms. The normalized spacial score (nSPS) is 11.6. The minimum atomic E-state index is -4.16. The van der Waals surface area contributed by atoms with Gasteiger partial charge in [0.2, 0.25) is 15.9 Å². The summed E-state index contributed by atoms with van der Waals surface area (Å²) >= 11 is 0. The minimum absolute atomic E-state index is 0.0828. The molecule has 2 heterocycles. The molecule has 4 rings (SSSR count). The summed E-state index contributed by atoms with van der Waals surface area (Å²) in [5.74, 6) is -0.652. The van der Waals surface area contributed by atoms with E-state index in [9.17, 15) is 17.2 Å². The van der Waals surface area contributed by atoms with Gasteiger partial charge in [0.1, 0.15) is 28.9 Å². The lowest BCUT2D eigenvalue weighted by atomic mass is 10.2. The van der Waals surface area contributed by atoms with Crippen molar-refractivity contribution in [2.75, 3.05) is 20.3 Å². The van der Waals surface area contributed by atoms with Gasteiger partial charge in [0, 0.05) is 24.2 Å². The number of nitrogens with one attached hydrogen (secondary N) is 1. The third kappa shape index (κ3) is 4.50. The van der Waals surface area contributed by atoms with Gasteiger partial charge in [-0.3, -0.25) is 0 Å². The van der Waals surface area contributed by atoms with Crippen LogP contribution in [-0.4, -0.2) is 48.5 Å². The molecule has 0 unspecified atom stereocenters. The lowest BCUT2D eigenvalue weighted by molar-refractivity contribution is 0.306.